The first-order valence-corrected chi connectivity index (χ1v) is 9.25. The Balaban J connectivity index is 2.51. The number of halogens is 2. The number of carbonyl (C=O) groups is 1. The van der Waals surface area contributed by atoms with E-state index >= 15 is 0 Å². The third kappa shape index (κ3) is 4.24. The highest BCUT2D eigenvalue weighted by Gasteiger charge is 2.23. The highest BCUT2D eigenvalue weighted by Crippen LogP contribution is 2.29. The number of nitro groups is 1. The molecule has 138 valence electrons. The first kappa shape index (κ1) is 20.0. The molecule has 0 unspecified atom stereocenters. The van der Waals surface area contributed by atoms with Crippen LogP contribution in [0.25, 0.3) is 0 Å². The molecular formula is C15H13Cl2N3O5S. The second kappa shape index (κ2) is 7.48. The Morgan fingerprint density at radius 3 is 2.38 bits per heavy atom. The van der Waals surface area contributed by atoms with E-state index in [1.165, 1.54) is 37.2 Å². The Morgan fingerprint density at radius 1 is 1.15 bits per heavy atom. The molecule has 2 aromatic carbocycles. The van der Waals surface area contributed by atoms with Crippen LogP contribution in [0, 0.1) is 10.1 Å². The van der Waals surface area contributed by atoms with Gasteiger partial charge in [0.1, 0.15) is 5.02 Å². The molecule has 0 radical (unpaired) electrons. The van der Waals surface area contributed by atoms with Gasteiger partial charge in [-0.2, -0.15) is 0 Å². The average molecular weight is 418 g/mol. The van der Waals surface area contributed by atoms with Crippen molar-refractivity contribution in [3.8, 4) is 0 Å². The quantitative estimate of drug-likeness (QED) is 0.591. The Kier molecular flexibility index (Phi) is 5.74. The van der Waals surface area contributed by atoms with Crippen molar-refractivity contribution in [1.29, 1.82) is 0 Å². The van der Waals surface area contributed by atoms with Crippen LogP contribution in [0.4, 0.5) is 11.4 Å². The zero-order valence-corrected chi connectivity index (χ0v) is 15.9. The zero-order valence-electron chi connectivity index (χ0n) is 13.6. The van der Waals surface area contributed by atoms with Crippen molar-refractivity contribution in [2.45, 2.75) is 4.90 Å². The van der Waals surface area contributed by atoms with Crippen molar-refractivity contribution >= 4 is 50.5 Å². The number of hydrogen-bond acceptors (Lipinski definition) is 5. The topological polar surface area (TPSA) is 110 Å². The van der Waals surface area contributed by atoms with Crippen LogP contribution in [0.3, 0.4) is 0 Å². The van der Waals surface area contributed by atoms with Crippen LogP contribution in [0.2, 0.25) is 10.0 Å². The minimum atomic E-state index is -4.23. The molecule has 0 aliphatic carbocycles. The molecule has 26 heavy (non-hydrogen) atoms. The number of nitrogens with zero attached hydrogens (tertiary/aromatic N) is 2. The van der Waals surface area contributed by atoms with Gasteiger partial charge < -0.3 is 4.90 Å². The van der Waals surface area contributed by atoms with E-state index in [0.29, 0.717) is 0 Å². The molecule has 0 aromatic heterocycles. The molecule has 0 spiro atoms. The van der Waals surface area contributed by atoms with Crippen LogP contribution >= 0.6 is 23.2 Å². The lowest BCUT2D eigenvalue weighted by atomic mass is 10.1. The molecule has 0 heterocycles. The third-order valence-corrected chi connectivity index (χ3v) is 5.21. The van der Waals surface area contributed by atoms with E-state index in [-0.39, 0.29) is 26.2 Å². The Labute approximate surface area is 159 Å². The van der Waals surface area contributed by atoms with Gasteiger partial charge in [0.2, 0.25) is 0 Å². The fourth-order valence-corrected chi connectivity index (χ4v) is 3.48. The molecule has 1 amide bonds. The second-order valence-electron chi connectivity index (χ2n) is 5.37. The number of hydrogen-bond donors (Lipinski definition) is 1. The maximum absolute atomic E-state index is 12.6. The van der Waals surface area contributed by atoms with Gasteiger partial charge in [-0.1, -0.05) is 23.2 Å². The van der Waals surface area contributed by atoms with E-state index in [4.69, 9.17) is 23.2 Å². The molecule has 0 aliphatic rings. The van der Waals surface area contributed by atoms with Crippen molar-refractivity contribution in [1.82, 2.24) is 4.90 Å². The van der Waals surface area contributed by atoms with Crippen LogP contribution in [0.15, 0.2) is 41.3 Å². The van der Waals surface area contributed by atoms with Gasteiger partial charge >= 0.3 is 0 Å². The molecular weight excluding hydrogens is 405 g/mol. The fraction of sp³-hybridized carbons (Fsp3) is 0.133. The Bertz CT molecular complexity index is 993. The van der Waals surface area contributed by atoms with Gasteiger partial charge in [0.05, 0.1) is 21.1 Å². The van der Waals surface area contributed by atoms with Crippen molar-refractivity contribution in [3.63, 3.8) is 0 Å². The summed E-state index contributed by atoms with van der Waals surface area (Å²) in [6.07, 6.45) is 0. The summed E-state index contributed by atoms with van der Waals surface area (Å²) >= 11 is 11.6. The molecule has 0 saturated heterocycles. The smallest absolute Gasteiger partial charge is 0.289 e. The van der Waals surface area contributed by atoms with Gasteiger partial charge in [-0.15, -0.1) is 0 Å². The monoisotopic (exact) mass is 417 g/mol. The van der Waals surface area contributed by atoms with Crippen molar-refractivity contribution < 1.29 is 18.1 Å². The second-order valence-corrected chi connectivity index (χ2v) is 7.89. The number of anilines is 1. The molecule has 11 heteroatoms. The molecule has 1 N–H and O–H groups in total. The fourth-order valence-electron chi connectivity index (χ4n) is 2.03. The van der Waals surface area contributed by atoms with E-state index in [1.54, 1.807) is 0 Å². The molecule has 0 fully saturated rings. The number of nitrogens with one attached hydrogen (secondary N) is 1. The van der Waals surface area contributed by atoms with E-state index in [0.717, 1.165) is 18.2 Å². The van der Waals surface area contributed by atoms with Crippen LogP contribution < -0.4 is 4.72 Å². The van der Waals surface area contributed by atoms with Gasteiger partial charge in [-0.05, 0) is 30.3 Å². The summed E-state index contributed by atoms with van der Waals surface area (Å²) in [7, 11) is -1.20. The highest BCUT2D eigenvalue weighted by atomic mass is 35.5. The minimum Gasteiger partial charge on any atom is -0.345 e. The van der Waals surface area contributed by atoms with Gasteiger partial charge in [0, 0.05) is 25.2 Å². The largest absolute Gasteiger partial charge is 0.345 e. The number of rotatable bonds is 5. The molecule has 0 atom stereocenters. The number of carbonyl (C=O) groups excluding carboxylic acids is 1. The minimum absolute atomic E-state index is 0.0474. The summed E-state index contributed by atoms with van der Waals surface area (Å²) in [4.78, 5) is 23.3. The highest BCUT2D eigenvalue weighted by molar-refractivity contribution is 7.92. The molecule has 0 bridgehead atoms. The zero-order chi connectivity index (χ0) is 19.6. The van der Waals surface area contributed by atoms with E-state index in [1.807, 2.05) is 0 Å². The third-order valence-electron chi connectivity index (χ3n) is 3.29. The lowest BCUT2D eigenvalue weighted by molar-refractivity contribution is -0.384. The summed E-state index contributed by atoms with van der Waals surface area (Å²) in [6.45, 7) is 0. The number of benzene rings is 2. The molecule has 2 rings (SSSR count). The maximum Gasteiger partial charge on any atom is 0.289 e. The van der Waals surface area contributed by atoms with Crippen molar-refractivity contribution in [3.05, 3.63) is 62.1 Å². The standard InChI is InChI=1S/C15H13Cl2N3O5S/c1-19(2)15(21)11-5-3-9(16)7-13(11)18-26(24,25)10-4-6-12(17)14(8-10)20(22)23/h3-8,18H,1-2H3. The van der Waals surface area contributed by atoms with Crippen LogP contribution in [0.5, 0.6) is 0 Å². The lowest BCUT2D eigenvalue weighted by Crippen LogP contribution is -2.24. The van der Waals surface area contributed by atoms with Crippen molar-refractivity contribution in [2.24, 2.45) is 0 Å². The molecule has 8 nitrogen and oxygen atoms in total. The average Bonchev–Trinajstić information content (AvgIpc) is 2.53. The first-order valence-electron chi connectivity index (χ1n) is 7.01. The molecule has 0 aliphatic heterocycles. The summed E-state index contributed by atoms with van der Waals surface area (Å²) in [6, 6.07) is 7.17. The molecule has 0 saturated carbocycles. The summed E-state index contributed by atoms with van der Waals surface area (Å²) in [5, 5.41) is 11.0. The Morgan fingerprint density at radius 2 is 1.81 bits per heavy atom. The van der Waals surface area contributed by atoms with Gasteiger partial charge in [-0.25, -0.2) is 8.42 Å². The maximum atomic E-state index is 12.6. The van der Waals surface area contributed by atoms with Gasteiger partial charge in [-0.3, -0.25) is 19.6 Å². The SMILES string of the molecule is CN(C)C(=O)c1ccc(Cl)cc1NS(=O)(=O)c1ccc(Cl)c([N+](=O)[O-])c1. The summed E-state index contributed by atoms with van der Waals surface area (Å²) < 4.78 is 27.4. The number of nitro benzene ring substituents is 1. The van der Waals surface area contributed by atoms with Gasteiger partial charge in [0.15, 0.2) is 0 Å². The Hall–Kier alpha value is -2.36. The van der Waals surface area contributed by atoms with E-state index in [9.17, 15) is 23.3 Å². The van der Waals surface area contributed by atoms with Crippen LogP contribution in [0.1, 0.15) is 10.4 Å². The van der Waals surface area contributed by atoms with Crippen LogP contribution in [-0.4, -0.2) is 38.2 Å². The number of sulfonamides is 1. The predicted molar refractivity (Wildman–Crippen MR) is 98.4 cm³/mol. The van der Waals surface area contributed by atoms with Crippen molar-refractivity contribution in [2.75, 3.05) is 18.8 Å². The molecule has 2 aromatic rings. The van der Waals surface area contributed by atoms with E-state index in [2.05, 4.69) is 4.72 Å². The number of amides is 1. The first-order chi connectivity index (χ1) is 12.0. The van der Waals surface area contributed by atoms with E-state index < -0.39 is 26.5 Å². The van der Waals surface area contributed by atoms with Gasteiger partial charge in [0.25, 0.3) is 21.6 Å². The summed E-state index contributed by atoms with van der Waals surface area (Å²) in [5.41, 5.74) is -0.523. The predicted octanol–water partition coefficient (Wildman–Crippen LogP) is 3.40. The lowest BCUT2D eigenvalue weighted by Gasteiger charge is -2.16. The van der Waals surface area contributed by atoms with Crippen LogP contribution in [-0.2, 0) is 10.0 Å². The summed E-state index contributed by atoms with van der Waals surface area (Å²) in [5.74, 6) is -0.443. The normalized spacial score (nSPS) is 11.1.